The highest BCUT2D eigenvalue weighted by atomic mass is 16.5. The molecule has 0 saturated heterocycles. The molecular formula is C28H40N2O10. The molecule has 2 unspecified atom stereocenters. The van der Waals surface area contributed by atoms with E-state index in [1.807, 2.05) is 0 Å². The Morgan fingerprint density at radius 2 is 0.850 bits per heavy atom. The minimum atomic E-state index is -0.958. The van der Waals surface area contributed by atoms with E-state index in [0.717, 1.165) is 34.1 Å². The number of hydrogen-bond donors (Lipinski definition) is 0. The number of imide groups is 2. The predicted octanol–water partition coefficient (Wildman–Crippen LogP) is 1.57. The fourth-order valence-corrected chi connectivity index (χ4v) is 4.17. The van der Waals surface area contributed by atoms with Crippen LogP contribution in [0.3, 0.4) is 0 Å². The average molecular weight is 565 g/mol. The van der Waals surface area contributed by atoms with E-state index in [2.05, 4.69) is 0 Å². The normalized spacial score (nSPS) is 16.6. The van der Waals surface area contributed by atoms with E-state index in [1.54, 1.807) is 27.7 Å². The molecule has 2 heterocycles. The van der Waals surface area contributed by atoms with Crippen LogP contribution in [-0.4, -0.2) is 97.1 Å². The summed E-state index contributed by atoms with van der Waals surface area (Å²) in [4.78, 5) is 74.3. The van der Waals surface area contributed by atoms with Crippen LogP contribution >= 0.6 is 0 Å². The third-order valence-corrected chi connectivity index (χ3v) is 6.17. The van der Waals surface area contributed by atoms with Crippen molar-refractivity contribution in [2.75, 3.05) is 39.6 Å². The van der Waals surface area contributed by atoms with Crippen LogP contribution in [0.1, 0.15) is 53.4 Å². The minimum Gasteiger partial charge on any atom is -0.464 e. The van der Waals surface area contributed by atoms with Gasteiger partial charge in [0.1, 0.15) is 12.1 Å². The zero-order chi connectivity index (χ0) is 29.7. The highest BCUT2D eigenvalue weighted by Gasteiger charge is 2.39. The number of amides is 4. The fraction of sp³-hybridized carbons (Fsp3) is 0.643. The second-order valence-corrected chi connectivity index (χ2v) is 10.1. The number of hydrogen-bond acceptors (Lipinski definition) is 10. The van der Waals surface area contributed by atoms with Gasteiger partial charge in [-0.1, -0.05) is 27.7 Å². The van der Waals surface area contributed by atoms with E-state index in [4.69, 9.17) is 18.9 Å². The van der Waals surface area contributed by atoms with Crippen molar-refractivity contribution in [1.29, 1.82) is 0 Å². The Bertz CT molecular complexity index is 874. The molecule has 2 aliphatic rings. The number of nitrogens with zero attached hydrogens (tertiary/aromatic N) is 2. The second kappa shape index (κ2) is 16.7. The van der Waals surface area contributed by atoms with Crippen molar-refractivity contribution in [2.24, 2.45) is 11.8 Å². The first-order valence-electron chi connectivity index (χ1n) is 13.7. The summed E-state index contributed by atoms with van der Waals surface area (Å²) in [5.74, 6) is -3.81. The molecular weight excluding hydrogens is 524 g/mol. The van der Waals surface area contributed by atoms with Crippen LogP contribution in [0.4, 0.5) is 0 Å². The van der Waals surface area contributed by atoms with E-state index in [1.165, 1.54) is 0 Å². The monoisotopic (exact) mass is 564 g/mol. The zero-order valence-electron chi connectivity index (χ0n) is 23.7. The lowest BCUT2D eigenvalue weighted by Crippen LogP contribution is -2.48. The van der Waals surface area contributed by atoms with Crippen LogP contribution in [0, 0.1) is 11.8 Å². The van der Waals surface area contributed by atoms with Crippen molar-refractivity contribution in [1.82, 2.24) is 9.80 Å². The summed E-state index contributed by atoms with van der Waals surface area (Å²) in [5.41, 5.74) is 0. The molecule has 0 radical (unpaired) electrons. The van der Waals surface area contributed by atoms with Gasteiger partial charge in [-0.2, -0.15) is 0 Å². The molecule has 2 aliphatic heterocycles. The molecule has 0 fully saturated rings. The number of rotatable bonds is 19. The van der Waals surface area contributed by atoms with Gasteiger partial charge in [-0.3, -0.25) is 29.0 Å². The summed E-state index contributed by atoms with van der Waals surface area (Å²) in [5, 5.41) is 0. The van der Waals surface area contributed by atoms with Crippen LogP contribution in [0.15, 0.2) is 24.3 Å². The highest BCUT2D eigenvalue weighted by molar-refractivity contribution is 6.15. The molecule has 0 aromatic carbocycles. The highest BCUT2D eigenvalue weighted by Crippen LogP contribution is 2.19. The number of carbonyl (C=O) groups excluding carboxylic acids is 6. The van der Waals surface area contributed by atoms with Crippen LogP contribution in [0.25, 0.3) is 0 Å². The van der Waals surface area contributed by atoms with Crippen molar-refractivity contribution >= 4 is 35.6 Å². The quantitative estimate of drug-likeness (QED) is 0.129. The van der Waals surface area contributed by atoms with Crippen LogP contribution in [-0.2, 0) is 47.7 Å². The van der Waals surface area contributed by atoms with E-state index in [-0.39, 0.29) is 25.0 Å². The van der Waals surface area contributed by atoms with Gasteiger partial charge in [0, 0.05) is 57.2 Å². The maximum atomic E-state index is 12.4. The molecule has 12 heteroatoms. The summed E-state index contributed by atoms with van der Waals surface area (Å²) in [7, 11) is 0. The summed E-state index contributed by atoms with van der Waals surface area (Å²) < 4.78 is 21.6. The lowest BCUT2D eigenvalue weighted by molar-refractivity contribution is -0.159. The molecule has 0 aromatic heterocycles. The van der Waals surface area contributed by atoms with E-state index < -0.39 is 47.7 Å². The Labute approximate surface area is 234 Å². The van der Waals surface area contributed by atoms with Crippen LogP contribution in [0.2, 0.25) is 0 Å². The van der Waals surface area contributed by atoms with E-state index >= 15 is 0 Å². The average Bonchev–Trinajstić information content (AvgIpc) is 3.39. The lowest BCUT2D eigenvalue weighted by Gasteiger charge is -2.27. The van der Waals surface area contributed by atoms with Gasteiger partial charge in [0.2, 0.25) is 0 Å². The first-order chi connectivity index (χ1) is 19.1. The first-order valence-corrected chi connectivity index (χ1v) is 13.7. The maximum absolute atomic E-state index is 12.4. The summed E-state index contributed by atoms with van der Waals surface area (Å²) >= 11 is 0. The van der Waals surface area contributed by atoms with E-state index in [0.29, 0.717) is 52.1 Å². The summed E-state index contributed by atoms with van der Waals surface area (Å²) in [6.07, 6.45) is 7.01. The molecule has 2 rings (SSSR count). The molecule has 0 aromatic rings. The molecule has 0 N–H and O–H groups in total. The Balaban J connectivity index is 1.46. The SMILES string of the molecule is CC(C)C(C(=O)OCCCCOCCCOCCCOC(=O)C(C(C)C)N1C(=O)C=CC1=O)N1C(=O)C=CC1=O. The Morgan fingerprint density at radius 1 is 0.550 bits per heavy atom. The zero-order valence-corrected chi connectivity index (χ0v) is 23.7. The smallest absolute Gasteiger partial charge is 0.329 e. The molecule has 40 heavy (non-hydrogen) atoms. The molecule has 0 bridgehead atoms. The predicted molar refractivity (Wildman–Crippen MR) is 141 cm³/mol. The Morgan fingerprint density at radius 3 is 1.23 bits per heavy atom. The largest absolute Gasteiger partial charge is 0.464 e. The molecule has 4 amide bonds. The number of unbranched alkanes of at least 4 members (excludes halogenated alkanes) is 1. The maximum Gasteiger partial charge on any atom is 0.329 e. The lowest BCUT2D eigenvalue weighted by atomic mass is 10.0. The van der Waals surface area contributed by atoms with E-state index in [9.17, 15) is 28.8 Å². The molecule has 12 nitrogen and oxygen atoms in total. The van der Waals surface area contributed by atoms with Gasteiger partial charge >= 0.3 is 11.9 Å². The molecule has 0 saturated carbocycles. The molecule has 0 aliphatic carbocycles. The standard InChI is InChI=1S/C28H40N2O10/c1-19(2)25(29-21(31)9-10-22(29)32)27(35)39-17-6-5-13-37-14-7-15-38-16-8-18-40-28(36)26(20(3)4)30-23(33)11-12-24(30)34/h9-12,19-20,25-26H,5-8,13-18H2,1-4H3. The van der Waals surface area contributed by atoms with Gasteiger partial charge in [-0.05, 0) is 31.1 Å². The number of esters is 2. The van der Waals surface area contributed by atoms with Crippen LogP contribution < -0.4 is 0 Å². The van der Waals surface area contributed by atoms with Crippen LogP contribution in [0.5, 0.6) is 0 Å². The van der Waals surface area contributed by atoms with Crippen molar-refractivity contribution in [3.63, 3.8) is 0 Å². The number of ether oxygens (including phenoxy) is 4. The number of carbonyl (C=O) groups is 6. The van der Waals surface area contributed by atoms with Crippen molar-refractivity contribution in [3.8, 4) is 0 Å². The Hall–Kier alpha value is -3.38. The second-order valence-electron chi connectivity index (χ2n) is 10.1. The van der Waals surface area contributed by atoms with Gasteiger partial charge in [0.25, 0.3) is 23.6 Å². The topological polar surface area (TPSA) is 146 Å². The molecule has 222 valence electrons. The van der Waals surface area contributed by atoms with Gasteiger partial charge in [-0.15, -0.1) is 0 Å². The third-order valence-electron chi connectivity index (χ3n) is 6.17. The van der Waals surface area contributed by atoms with Crippen molar-refractivity contribution in [3.05, 3.63) is 24.3 Å². The molecule has 0 spiro atoms. The Kier molecular flexibility index (Phi) is 13.7. The summed E-state index contributed by atoms with van der Waals surface area (Å²) in [6, 6.07) is -1.90. The first kappa shape index (κ1) is 32.8. The van der Waals surface area contributed by atoms with Gasteiger partial charge in [0.05, 0.1) is 13.2 Å². The fourth-order valence-electron chi connectivity index (χ4n) is 4.17. The molecule has 2 atom stereocenters. The minimum absolute atomic E-state index is 0.117. The third kappa shape index (κ3) is 9.67. The summed E-state index contributed by atoms with van der Waals surface area (Å²) in [6.45, 7) is 9.13. The van der Waals surface area contributed by atoms with Gasteiger partial charge in [-0.25, -0.2) is 9.59 Å². The van der Waals surface area contributed by atoms with Crippen molar-refractivity contribution < 1.29 is 47.7 Å². The van der Waals surface area contributed by atoms with Gasteiger partial charge < -0.3 is 18.9 Å². The van der Waals surface area contributed by atoms with Crippen molar-refractivity contribution in [2.45, 2.75) is 65.5 Å². The van der Waals surface area contributed by atoms with Gasteiger partial charge in [0.15, 0.2) is 0 Å².